The van der Waals surface area contributed by atoms with Crippen molar-refractivity contribution >= 4 is 17.6 Å². The van der Waals surface area contributed by atoms with Gasteiger partial charge in [-0.1, -0.05) is 6.07 Å². The first-order valence-electron chi connectivity index (χ1n) is 10.9. The molecule has 0 bridgehead atoms. The second-order valence-corrected chi connectivity index (χ2v) is 9.24. The van der Waals surface area contributed by atoms with Gasteiger partial charge in [-0.3, -0.25) is 9.78 Å². The number of carbonyl (C=O) groups is 2. The zero-order valence-corrected chi connectivity index (χ0v) is 17.4. The highest BCUT2D eigenvalue weighted by Gasteiger charge is 2.55. The molecule has 1 saturated carbocycles. The van der Waals surface area contributed by atoms with Crippen LogP contribution in [0.15, 0.2) is 30.6 Å². The summed E-state index contributed by atoms with van der Waals surface area (Å²) in [6.45, 7) is 1.17. The molecule has 6 rings (SSSR count). The standard InChI is InChI=1S/C23H22F2N4O3/c24-23(25)7-10-29(13-23)16-2-1-14(11-28-16)21(4-5-21)19(30)18-17-15(3-8-27-18)22(32-20(17)31)6-9-26-12-22/h1-3,8,11,26H,4-7,9-10,12-13H2/t22-/m0/s1. The lowest BCUT2D eigenvalue weighted by molar-refractivity contribution is 0.00155. The SMILES string of the molecule is O=C1O[C@]2(CCNC2)c2ccnc(C(=O)C3(c4ccc(N5CCC(F)(F)C5)nc4)CC3)c21. The maximum Gasteiger partial charge on any atom is 0.341 e. The van der Waals surface area contributed by atoms with Gasteiger partial charge in [0, 0.05) is 43.9 Å². The number of nitrogens with zero attached hydrogens (tertiary/aromatic N) is 3. The van der Waals surface area contributed by atoms with Crippen molar-refractivity contribution in [1.29, 1.82) is 0 Å². The Morgan fingerprint density at radius 2 is 1.97 bits per heavy atom. The highest BCUT2D eigenvalue weighted by atomic mass is 19.3. The number of esters is 1. The van der Waals surface area contributed by atoms with E-state index in [2.05, 4.69) is 15.3 Å². The Hall–Kier alpha value is -2.94. The average Bonchev–Trinajstić information content (AvgIpc) is 3.19. The third-order valence-corrected chi connectivity index (χ3v) is 7.24. The summed E-state index contributed by atoms with van der Waals surface area (Å²) in [6, 6.07) is 5.25. The van der Waals surface area contributed by atoms with Crippen LogP contribution in [0.1, 0.15) is 57.7 Å². The summed E-state index contributed by atoms with van der Waals surface area (Å²) in [4.78, 5) is 36.6. The van der Waals surface area contributed by atoms with E-state index in [1.165, 1.54) is 0 Å². The molecule has 166 valence electrons. The Kier molecular flexibility index (Phi) is 4.03. The number of carbonyl (C=O) groups excluding carboxylic acids is 2. The van der Waals surface area contributed by atoms with E-state index in [1.54, 1.807) is 35.5 Å². The van der Waals surface area contributed by atoms with Crippen LogP contribution >= 0.6 is 0 Å². The van der Waals surface area contributed by atoms with Gasteiger partial charge in [0.05, 0.1) is 17.5 Å². The van der Waals surface area contributed by atoms with E-state index in [4.69, 9.17) is 4.74 Å². The minimum absolute atomic E-state index is 0.150. The number of rotatable bonds is 4. The Labute approximate surface area is 183 Å². The van der Waals surface area contributed by atoms with E-state index in [9.17, 15) is 18.4 Å². The summed E-state index contributed by atoms with van der Waals surface area (Å²) < 4.78 is 32.8. The molecule has 2 aromatic rings. The molecule has 3 aliphatic heterocycles. The van der Waals surface area contributed by atoms with Crippen molar-refractivity contribution in [2.45, 2.75) is 42.6 Å². The maximum atomic E-state index is 13.6. The van der Waals surface area contributed by atoms with Crippen molar-refractivity contribution in [2.24, 2.45) is 0 Å². The van der Waals surface area contributed by atoms with Gasteiger partial charge in [0.2, 0.25) is 0 Å². The summed E-state index contributed by atoms with van der Waals surface area (Å²) in [5.74, 6) is -2.93. The number of fused-ring (bicyclic) bond motifs is 2. The summed E-state index contributed by atoms with van der Waals surface area (Å²) in [5.41, 5.74) is 0.368. The van der Waals surface area contributed by atoms with Gasteiger partial charge in [0.15, 0.2) is 11.4 Å². The van der Waals surface area contributed by atoms with Crippen molar-refractivity contribution in [3.8, 4) is 0 Å². The predicted molar refractivity (Wildman–Crippen MR) is 110 cm³/mol. The molecule has 0 amide bonds. The Bertz CT molecular complexity index is 1120. The number of hydrogen-bond donors (Lipinski definition) is 1. The molecule has 2 saturated heterocycles. The van der Waals surface area contributed by atoms with Crippen LogP contribution in [-0.4, -0.2) is 53.8 Å². The van der Waals surface area contributed by atoms with Crippen LogP contribution in [0.4, 0.5) is 14.6 Å². The number of Topliss-reactive ketones (excluding diaryl/α,β-unsaturated/α-hetero) is 1. The van der Waals surface area contributed by atoms with Crippen LogP contribution in [0.25, 0.3) is 0 Å². The van der Waals surface area contributed by atoms with Crippen molar-refractivity contribution in [3.63, 3.8) is 0 Å². The van der Waals surface area contributed by atoms with Crippen LogP contribution in [0.5, 0.6) is 0 Å². The van der Waals surface area contributed by atoms with Crippen molar-refractivity contribution in [2.75, 3.05) is 31.1 Å². The van der Waals surface area contributed by atoms with Gasteiger partial charge in [-0.05, 0) is 37.1 Å². The third kappa shape index (κ3) is 2.80. The van der Waals surface area contributed by atoms with E-state index in [1.807, 2.05) is 0 Å². The molecule has 1 aliphatic carbocycles. The largest absolute Gasteiger partial charge is 0.449 e. The number of hydrogen-bond acceptors (Lipinski definition) is 7. The molecule has 1 N–H and O–H groups in total. The number of ketones is 1. The highest BCUT2D eigenvalue weighted by Crippen LogP contribution is 2.52. The quantitative estimate of drug-likeness (QED) is 0.578. The number of pyridine rings is 2. The number of aromatic nitrogens is 2. The minimum Gasteiger partial charge on any atom is -0.449 e. The number of ether oxygens (including phenoxy) is 1. The summed E-state index contributed by atoms with van der Waals surface area (Å²) in [6.07, 6.45) is 4.90. The van der Waals surface area contributed by atoms with E-state index in [-0.39, 0.29) is 36.6 Å². The average molecular weight is 440 g/mol. The summed E-state index contributed by atoms with van der Waals surface area (Å²) in [7, 11) is 0. The fourth-order valence-corrected chi connectivity index (χ4v) is 5.28. The second-order valence-electron chi connectivity index (χ2n) is 9.24. The van der Waals surface area contributed by atoms with Gasteiger partial charge in [-0.15, -0.1) is 0 Å². The smallest absolute Gasteiger partial charge is 0.341 e. The van der Waals surface area contributed by atoms with Gasteiger partial charge in [-0.25, -0.2) is 18.6 Å². The minimum atomic E-state index is -2.70. The molecule has 2 aromatic heterocycles. The molecule has 0 unspecified atom stereocenters. The fraction of sp³-hybridized carbons (Fsp3) is 0.478. The van der Waals surface area contributed by atoms with Gasteiger partial charge in [0.1, 0.15) is 11.5 Å². The first-order chi connectivity index (χ1) is 15.3. The third-order valence-electron chi connectivity index (χ3n) is 7.24. The lowest BCUT2D eigenvalue weighted by Gasteiger charge is -2.22. The van der Waals surface area contributed by atoms with Crippen LogP contribution in [0.3, 0.4) is 0 Å². The van der Waals surface area contributed by atoms with E-state index < -0.39 is 22.9 Å². The molecular formula is C23H22F2N4O3. The van der Waals surface area contributed by atoms with E-state index in [0.29, 0.717) is 31.6 Å². The second kappa shape index (κ2) is 6.54. The summed E-state index contributed by atoms with van der Waals surface area (Å²) >= 11 is 0. The Morgan fingerprint density at radius 3 is 2.59 bits per heavy atom. The number of halogens is 2. The molecule has 1 atom stereocenters. The molecule has 5 heterocycles. The van der Waals surface area contributed by atoms with Gasteiger partial charge < -0.3 is 15.0 Å². The number of alkyl halides is 2. The molecule has 3 fully saturated rings. The Balaban J connectivity index is 1.31. The molecule has 0 aromatic carbocycles. The van der Waals surface area contributed by atoms with Crippen LogP contribution in [0, 0.1) is 0 Å². The monoisotopic (exact) mass is 440 g/mol. The summed E-state index contributed by atoms with van der Waals surface area (Å²) in [5, 5.41) is 3.23. The first kappa shape index (κ1) is 19.7. The van der Waals surface area contributed by atoms with Crippen molar-refractivity contribution in [1.82, 2.24) is 15.3 Å². The van der Waals surface area contributed by atoms with E-state index in [0.717, 1.165) is 17.7 Å². The number of nitrogens with one attached hydrogen (secondary N) is 1. The Morgan fingerprint density at radius 1 is 1.12 bits per heavy atom. The molecular weight excluding hydrogens is 418 g/mol. The zero-order chi connectivity index (χ0) is 22.1. The van der Waals surface area contributed by atoms with Crippen LogP contribution in [-0.2, 0) is 15.8 Å². The van der Waals surface area contributed by atoms with Crippen molar-refractivity contribution < 1.29 is 23.1 Å². The lowest BCUT2D eigenvalue weighted by atomic mass is 9.86. The zero-order valence-electron chi connectivity index (χ0n) is 17.4. The molecule has 0 radical (unpaired) electrons. The van der Waals surface area contributed by atoms with Crippen LogP contribution < -0.4 is 10.2 Å². The predicted octanol–water partition coefficient (Wildman–Crippen LogP) is 2.60. The lowest BCUT2D eigenvalue weighted by Crippen LogP contribution is -2.29. The topological polar surface area (TPSA) is 84.4 Å². The normalized spacial score (nSPS) is 26.9. The molecule has 9 heteroatoms. The molecule has 32 heavy (non-hydrogen) atoms. The van der Waals surface area contributed by atoms with Gasteiger partial charge in [-0.2, -0.15) is 0 Å². The molecule has 7 nitrogen and oxygen atoms in total. The van der Waals surface area contributed by atoms with Gasteiger partial charge >= 0.3 is 5.97 Å². The number of anilines is 1. The van der Waals surface area contributed by atoms with E-state index >= 15 is 0 Å². The molecule has 4 aliphatic rings. The molecule has 1 spiro atoms. The van der Waals surface area contributed by atoms with Crippen molar-refractivity contribution in [3.05, 3.63) is 53.0 Å². The maximum absolute atomic E-state index is 13.6. The van der Waals surface area contributed by atoms with Gasteiger partial charge in [0.25, 0.3) is 5.92 Å². The van der Waals surface area contributed by atoms with Crippen LogP contribution in [0.2, 0.25) is 0 Å². The highest BCUT2D eigenvalue weighted by molar-refractivity contribution is 6.12. The fourth-order valence-electron chi connectivity index (χ4n) is 5.28. The first-order valence-corrected chi connectivity index (χ1v) is 10.9.